The second kappa shape index (κ2) is 6.17. The van der Waals surface area contributed by atoms with Crippen molar-refractivity contribution in [1.29, 1.82) is 0 Å². The summed E-state index contributed by atoms with van der Waals surface area (Å²) in [5.41, 5.74) is 8.65. The molecule has 4 heteroatoms. The van der Waals surface area contributed by atoms with E-state index < -0.39 is 0 Å². The van der Waals surface area contributed by atoms with Crippen LogP contribution in [-0.2, 0) is 10.2 Å². The predicted octanol–water partition coefficient (Wildman–Crippen LogP) is 2.99. The van der Waals surface area contributed by atoms with E-state index in [4.69, 9.17) is 5.73 Å². The second-order valence-electron chi connectivity index (χ2n) is 4.63. The summed E-state index contributed by atoms with van der Waals surface area (Å²) in [6, 6.07) is 5.83. The Labute approximate surface area is 111 Å². The summed E-state index contributed by atoms with van der Waals surface area (Å²) < 4.78 is 4.53. The summed E-state index contributed by atoms with van der Waals surface area (Å²) >= 11 is 2.69. The predicted molar refractivity (Wildman–Crippen MR) is 72.0 cm³/mol. The van der Waals surface area contributed by atoms with Crippen LogP contribution in [0.25, 0.3) is 0 Å². The van der Waals surface area contributed by atoms with Crippen LogP contribution >= 0.6 is 16.3 Å². The zero-order chi connectivity index (χ0) is 13.0. The van der Waals surface area contributed by atoms with E-state index in [0.29, 0.717) is 11.5 Å². The third-order valence-corrected chi connectivity index (χ3v) is 3.20. The first-order valence-electron chi connectivity index (χ1n) is 5.63. The van der Waals surface area contributed by atoms with Gasteiger partial charge in [0, 0.05) is 6.04 Å². The minimum atomic E-state index is -0.373. The third kappa shape index (κ3) is 3.82. The first-order chi connectivity index (χ1) is 7.95. The van der Waals surface area contributed by atoms with Gasteiger partial charge in [0.1, 0.15) is 0 Å². The summed E-state index contributed by atoms with van der Waals surface area (Å²) in [7, 11) is 0. The molecule has 1 rings (SSSR count). The number of carbonyl (C=O) groups is 1. The van der Waals surface area contributed by atoms with Crippen molar-refractivity contribution in [3.63, 3.8) is 0 Å². The van der Waals surface area contributed by atoms with Gasteiger partial charge in [-0.25, -0.2) is 4.79 Å². The molecular weight excluding hydrogens is 282 g/mol. The van der Waals surface area contributed by atoms with Gasteiger partial charge in [0.15, 0.2) is 16.3 Å². The van der Waals surface area contributed by atoms with E-state index in [1.807, 2.05) is 19.1 Å². The lowest BCUT2D eigenvalue weighted by Crippen LogP contribution is -2.28. The van der Waals surface area contributed by atoms with Crippen molar-refractivity contribution < 1.29 is 8.62 Å². The van der Waals surface area contributed by atoms with Crippen molar-refractivity contribution in [3.8, 4) is 0 Å². The molecule has 1 unspecified atom stereocenters. The minimum Gasteiger partial charge on any atom is -0.380 e. The van der Waals surface area contributed by atoms with Gasteiger partial charge in [-0.3, -0.25) is 0 Å². The average Bonchev–Trinajstić information content (AvgIpc) is 2.28. The van der Waals surface area contributed by atoms with Gasteiger partial charge in [-0.05, 0) is 36.5 Å². The molecule has 2 N–H and O–H groups in total. The van der Waals surface area contributed by atoms with Gasteiger partial charge in [0.25, 0.3) is 0 Å². The number of halogens is 1. The highest BCUT2D eigenvalue weighted by atomic mass is 79.9. The molecule has 0 radical (unpaired) electrons. The Morgan fingerprint density at radius 2 is 2.12 bits per heavy atom. The second-order valence-corrected chi connectivity index (χ2v) is 4.95. The average molecular weight is 300 g/mol. The van der Waals surface area contributed by atoms with Gasteiger partial charge < -0.3 is 9.56 Å². The smallest absolute Gasteiger partial charge is 0.349 e. The molecule has 0 saturated carbocycles. The summed E-state index contributed by atoms with van der Waals surface area (Å²) in [4.78, 5) is 11.4. The lowest BCUT2D eigenvalue weighted by atomic mass is 9.95. The van der Waals surface area contributed by atoms with Crippen molar-refractivity contribution in [2.75, 3.05) is 0 Å². The largest absolute Gasteiger partial charge is 0.380 e. The van der Waals surface area contributed by atoms with Crippen LogP contribution in [0.2, 0.25) is 0 Å². The first-order valence-corrected chi connectivity index (χ1v) is 6.28. The summed E-state index contributed by atoms with van der Waals surface area (Å²) in [6.45, 7) is 6.10. The molecule has 0 fully saturated rings. The van der Waals surface area contributed by atoms with E-state index in [1.165, 1.54) is 0 Å². The zero-order valence-electron chi connectivity index (χ0n) is 10.4. The fraction of sp³-hybridized carbons (Fsp3) is 0.462. The SMILES string of the molecule is Cc1cc(CC(N)C(C)C)ccc1C(=O)OBr. The van der Waals surface area contributed by atoms with Crippen LogP contribution in [0.5, 0.6) is 0 Å². The molecule has 94 valence electrons. The molecule has 0 aromatic heterocycles. The maximum absolute atomic E-state index is 11.4. The van der Waals surface area contributed by atoms with Crippen molar-refractivity contribution in [2.45, 2.75) is 33.2 Å². The third-order valence-electron chi connectivity index (χ3n) is 2.91. The van der Waals surface area contributed by atoms with E-state index in [-0.39, 0.29) is 12.0 Å². The highest BCUT2D eigenvalue weighted by Gasteiger charge is 2.12. The molecule has 0 aliphatic rings. The molecule has 3 nitrogen and oxygen atoms in total. The normalized spacial score (nSPS) is 12.6. The van der Waals surface area contributed by atoms with Crippen molar-refractivity contribution in [1.82, 2.24) is 0 Å². The Bertz CT molecular complexity index is 404. The number of aryl methyl sites for hydroxylation is 1. The van der Waals surface area contributed by atoms with Crippen LogP contribution in [0.1, 0.15) is 35.3 Å². The van der Waals surface area contributed by atoms with E-state index in [2.05, 4.69) is 33.9 Å². The van der Waals surface area contributed by atoms with E-state index in [9.17, 15) is 4.79 Å². The zero-order valence-corrected chi connectivity index (χ0v) is 12.0. The lowest BCUT2D eigenvalue weighted by Gasteiger charge is -2.16. The summed E-state index contributed by atoms with van der Waals surface area (Å²) in [6.07, 6.45) is 0.822. The Morgan fingerprint density at radius 3 is 2.59 bits per heavy atom. The van der Waals surface area contributed by atoms with Crippen LogP contribution < -0.4 is 5.73 Å². The standard InChI is InChI=1S/C13H18BrNO2/c1-8(2)12(15)7-10-4-5-11(9(3)6-10)13(16)17-14/h4-6,8,12H,7,15H2,1-3H3. The van der Waals surface area contributed by atoms with Crippen molar-refractivity contribution in [3.05, 3.63) is 34.9 Å². The van der Waals surface area contributed by atoms with Gasteiger partial charge >= 0.3 is 5.97 Å². The number of rotatable bonds is 4. The fourth-order valence-corrected chi connectivity index (χ4v) is 1.81. The molecule has 0 bridgehead atoms. The molecule has 17 heavy (non-hydrogen) atoms. The molecule has 0 amide bonds. The number of nitrogens with two attached hydrogens (primary N) is 1. The molecule has 0 spiro atoms. The number of carbonyl (C=O) groups excluding carboxylic acids is 1. The number of hydrogen-bond donors (Lipinski definition) is 1. The quantitative estimate of drug-likeness (QED) is 0.930. The molecule has 1 atom stereocenters. The fourth-order valence-electron chi connectivity index (χ4n) is 1.63. The number of hydrogen-bond acceptors (Lipinski definition) is 3. The molecular formula is C13H18BrNO2. The highest BCUT2D eigenvalue weighted by Crippen LogP contribution is 2.16. The maximum Gasteiger partial charge on any atom is 0.349 e. The van der Waals surface area contributed by atoms with Crippen molar-refractivity contribution >= 4 is 22.2 Å². The topological polar surface area (TPSA) is 52.3 Å². The van der Waals surface area contributed by atoms with Gasteiger partial charge in [0.05, 0.1) is 5.56 Å². The Kier molecular flexibility index (Phi) is 5.15. The monoisotopic (exact) mass is 299 g/mol. The van der Waals surface area contributed by atoms with Gasteiger partial charge in [-0.1, -0.05) is 26.0 Å². The maximum atomic E-state index is 11.4. The van der Waals surface area contributed by atoms with E-state index in [1.54, 1.807) is 6.07 Å². The van der Waals surface area contributed by atoms with E-state index in [0.717, 1.165) is 17.5 Å². The van der Waals surface area contributed by atoms with Crippen molar-refractivity contribution in [2.24, 2.45) is 11.7 Å². The highest BCUT2D eigenvalue weighted by molar-refractivity contribution is 9.06. The van der Waals surface area contributed by atoms with Crippen LogP contribution in [0.4, 0.5) is 0 Å². The summed E-state index contributed by atoms with van der Waals surface area (Å²) in [5, 5.41) is 0. The lowest BCUT2D eigenvalue weighted by molar-refractivity contribution is 0.0781. The van der Waals surface area contributed by atoms with Gasteiger partial charge in [-0.15, -0.1) is 0 Å². The van der Waals surface area contributed by atoms with Crippen LogP contribution in [0, 0.1) is 12.8 Å². The molecule has 1 aromatic rings. The molecule has 1 aromatic carbocycles. The van der Waals surface area contributed by atoms with Crippen LogP contribution in [0.15, 0.2) is 18.2 Å². The van der Waals surface area contributed by atoms with Gasteiger partial charge in [-0.2, -0.15) is 0 Å². The first kappa shape index (κ1) is 14.2. The Morgan fingerprint density at radius 1 is 1.47 bits per heavy atom. The summed E-state index contributed by atoms with van der Waals surface area (Å²) in [5.74, 6) is 0.0738. The van der Waals surface area contributed by atoms with Crippen LogP contribution in [0.3, 0.4) is 0 Å². The Balaban J connectivity index is 2.86. The number of benzene rings is 1. The van der Waals surface area contributed by atoms with Gasteiger partial charge in [0.2, 0.25) is 0 Å². The molecule has 0 heterocycles. The van der Waals surface area contributed by atoms with Crippen LogP contribution in [-0.4, -0.2) is 12.0 Å². The molecule has 0 saturated heterocycles. The Hall–Kier alpha value is -0.870. The molecule has 0 aliphatic carbocycles. The minimum absolute atomic E-state index is 0.142. The molecule has 0 aliphatic heterocycles. The van der Waals surface area contributed by atoms with E-state index >= 15 is 0 Å².